The van der Waals surface area contributed by atoms with Gasteiger partial charge in [-0.3, -0.25) is 4.79 Å². The molecule has 4 nitrogen and oxygen atoms in total. The predicted octanol–water partition coefficient (Wildman–Crippen LogP) is 4.15. The van der Waals surface area contributed by atoms with Crippen LogP contribution in [0.3, 0.4) is 0 Å². The first-order valence-electron chi connectivity index (χ1n) is 8.24. The lowest BCUT2D eigenvalue weighted by Crippen LogP contribution is -2.41. The average Bonchev–Trinajstić information content (AvgIpc) is 2.63. The van der Waals surface area contributed by atoms with Crippen LogP contribution in [0.5, 0.6) is 0 Å². The second-order valence-electron chi connectivity index (χ2n) is 7.08. The van der Waals surface area contributed by atoms with Crippen molar-refractivity contribution in [3.05, 3.63) is 12.2 Å². The van der Waals surface area contributed by atoms with Crippen molar-refractivity contribution in [2.24, 2.45) is 0 Å². The van der Waals surface area contributed by atoms with Gasteiger partial charge in [0.15, 0.2) is 0 Å². The van der Waals surface area contributed by atoms with E-state index < -0.39 is 0 Å². The van der Waals surface area contributed by atoms with Crippen LogP contribution in [0.15, 0.2) is 12.2 Å². The van der Waals surface area contributed by atoms with Gasteiger partial charge in [0.1, 0.15) is 0 Å². The molecule has 1 heterocycles. The Bertz CT molecular complexity index is 387. The molecule has 1 atom stereocenters. The monoisotopic (exact) mass is 310 g/mol. The van der Waals surface area contributed by atoms with Crippen molar-refractivity contribution in [1.82, 2.24) is 0 Å². The van der Waals surface area contributed by atoms with Crippen LogP contribution in [0.4, 0.5) is 0 Å². The van der Waals surface area contributed by atoms with E-state index in [9.17, 15) is 4.79 Å². The zero-order valence-electron chi connectivity index (χ0n) is 15.0. The summed E-state index contributed by atoms with van der Waals surface area (Å²) in [6, 6.07) is 0. The van der Waals surface area contributed by atoms with E-state index >= 15 is 0 Å². The molecule has 1 aliphatic rings. The second kappa shape index (κ2) is 7.65. The quantitative estimate of drug-likeness (QED) is 0.292. The summed E-state index contributed by atoms with van der Waals surface area (Å²) >= 11 is 0. The van der Waals surface area contributed by atoms with E-state index in [1.54, 1.807) is 0 Å². The van der Waals surface area contributed by atoms with Gasteiger partial charge in [0.25, 0.3) is 0 Å². The Balaban J connectivity index is 2.51. The number of unbranched alkanes of at least 4 members (excludes halogenated alkanes) is 1. The third kappa shape index (κ3) is 4.59. The Kier molecular flexibility index (Phi) is 6.69. The topological polar surface area (TPSA) is 44.8 Å². The van der Waals surface area contributed by atoms with E-state index in [0.717, 1.165) is 31.3 Å². The van der Waals surface area contributed by atoms with Crippen LogP contribution in [0.2, 0.25) is 5.82 Å². The smallest absolute Gasteiger partial charge is 0.465 e. The number of rotatable bonds is 8. The molecule has 22 heavy (non-hydrogen) atoms. The Hall–Kier alpha value is -0.805. The molecule has 1 rings (SSSR count). The van der Waals surface area contributed by atoms with Crippen molar-refractivity contribution < 1.29 is 18.8 Å². The number of esters is 1. The molecule has 0 aromatic rings. The Morgan fingerprint density at radius 2 is 1.64 bits per heavy atom. The van der Waals surface area contributed by atoms with Crippen LogP contribution in [0, 0.1) is 0 Å². The number of carbonyl (C=O) groups excluding carboxylic acids is 1. The van der Waals surface area contributed by atoms with Crippen LogP contribution in [0.1, 0.15) is 66.7 Å². The molecule has 0 N–H and O–H groups in total. The molecule has 0 aliphatic carbocycles. The first-order chi connectivity index (χ1) is 10.1. The summed E-state index contributed by atoms with van der Waals surface area (Å²) in [6.07, 6.45) is 4.05. The van der Waals surface area contributed by atoms with Crippen molar-refractivity contribution in [2.45, 2.75) is 83.7 Å². The van der Waals surface area contributed by atoms with Crippen LogP contribution < -0.4 is 0 Å². The van der Waals surface area contributed by atoms with E-state index in [1.807, 2.05) is 0 Å². The lowest BCUT2D eigenvalue weighted by Gasteiger charge is -2.32. The minimum absolute atomic E-state index is 0.149. The van der Waals surface area contributed by atoms with Gasteiger partial charge >= 0.3 is 13.1 Å². The predicted molar refractivity (Wildman–Crippen MR) is 89.7 cm³/mol. The van der Waals surface area contributed by atoms with Gasteiger partial charge in [-0.25, -0.2) is 0 Å². The number of carbonyl (C=O) groups is 1. The first-order valence-corrected chi connectivity index (χ1v) is 8.24. The Morgan fingerprint density at radius 1 is 1.14 bits per heavy atom. The maximum Gasteiger partial charge on any atom is 0.465 e. The van der Waals surface area contributed by atoms with E-state index in [0.29, 0.717) is 6.42 Å². The molecule has 0 unspecified atom stereocenters. The highest BCUT2D eigenvalue weighted by Crippen LogP contribution is 2.43. The number of ether oxygens (including phenoxy) is 1. The minimum Gasteiger partial charge on any atom is -0.469 e. The first kappa shape index (κ1) is 19.2. The van der Waals surface area contributed by atoms with Crippen molar-refractivity contribution in [3.8, 4) is 0 Å². The third-order valence-electron chi connectivity index (χ3n) is 4.92. The lowest BCUT2D eigenvalue weighted by atomic mass is 9.65. The second-order valence-corrected chi connectivity index (χ2v) is 7.08. The van der Waals surface area contributed by atoms with Gasteiger partial charge in [-0.1, -0.05) is 18.9 Å². The van der Waals surface area contributed by atoms with Crippen molar-refractivity contribution in [2.75, 3.05) is 7.11 Å². The van der Waals surface area contributed by atoms with Gasteiger partial charge in [0.2, 0.25) is 0 Å². The zero-order chi connectivity index (χ0) is 17.0. The Labute approximate surface area is 135 Å². The molecule has 1 saturated heterocycles. The highest BCUT2D eigenvalue weighted by molar-refractivity contribution is 6.48. The normalized spacial score (nSPS) is 20.7. The molecule has 126 valence electrons. The summed E-state index contributed by atoms with van der Waals surface area (Å²) in [5.41, 5.74) is 0.526. The average molecular weight is 310 g/mol. The number of methoxy groups -OCH3 is 1. The molecule has 0 radical (unpaired) electrons. The molecule has 0 saturated carbocycles. The SMILES string of the molecule is C=C(CCCCC(=O)OC)[C@@H](CC)B1OC(C)(C)C(C)(C)O1. The van der Waals surface area contributed by atoms with Gasteiger partial charge in [0.05, 0.1) is 18.3 Å². The van der Waals surface area contributed by atoms with Gasteiger partial charge in [-0.05, 0) is 47.0 Å². The molecular formula is C17H31BO4. The van der Waals surface area contributed by atoms with Crippen LogP contribution in [0.25, 0.3) is 0 Å². The molecule has 0 amide bonds. The van der Waals surface area contributed by atoms with Crippen molar-refractivity contribution >= 4 is 13.1 Å². The van der Waals surface area contributed by atoms with E-state index in [-0.39, 0.29) is 30.1 Å². The van der Waals surface area contributed by atoms with E-state index in [4.69, 9.17) is 9.31 Å². The maximum absolute atomic E-state index is 11.1. The summed E-state index contributed by atoms with van der Waals surface area (Å²) in [6.45, 7) is 14.6. The van der Waals surface area contributed by atoms with Crippen LogP contribution >= 0.6 is 0 Å². The van der Waals surface area contributed by atoms with Gasteiger partial charge in [-0.15, -0.1) is 6.58 Å². The van der Waals surface area contributed by atoms with Gasteiger partial charge in [0, 0.05) is 12.2 Å². The van der Waals surface area contributed by atoms with Crippen LogP contribution in [-0.2, 0) is 18.8 Å². The highest BCUT2D eigenvalue weighted by atomic mass is 16.7. The molecule has 0 aromatic carbocycles. The zero-order valence-corrected chi connectivity index (χ0v) is 15.0. The number of allylic oxidation sites excluding steroid dienone is 1. The van der Waals surface area contributed by atoms with Crippen molar-refractivity contribution in [1.29, 1.82) is 0 Å². The number of hydrogen-bond donors (Lipinski definition) is 0. The van der Waals surface area contributed by atoms with E-state index in [2.05, 4.69) is 45.9 Å². The summed E-state index contributed by atoms with van der Waals surface area (Å²) in [5, 5.41) is 0. The van der Waals surface area contributed by atoms with Gasteiger partial charge in [-0.2, -0.15) is 0 Å². The summed E-state index contributed by atoms with van der Waals surface area (Å²) in [4.78, 5) is 11.1. The lowest BCUT2D eigenvalue weighted by molar-refractivity contribution is -0.140. The molecule has 1 fully saturated rings. The summed E-state index contributed by atoms with van der Waals surface area (Å²) < 4.78 is 16.9. The third-order valence-corrected chi connectivity index (χ3v) is 4.92. The summed E-state index contributed by atoms with van der Waals surface area (Å²) in [7, 11) is 1.19. The molecule has 0 bridgehead atoms. The molecule has 0 spiro atoms. The van der Waals surface area contributed by atoms with Gasteiger partial charge < -0.3 is 14.0 Å². The molecule has 5 heteroatoms. The standard InChI is InChI=1S/C17H31BO4/c1-8-14(13(2)11-9-10-12-15(19)20-7)18-21-16(3,4)17(5,6)22-18/h14H,2,8-12H2,1,3-7H3/t14-/m1/s1. The largest absolute Gasteiger partial charge is 0.469 e. The Morgan fingerprint density at radius 3 is 2.09 bits per heavy atom. The van der Waals surface area contributed by atoms with Crippen molar-refractivity contribution in [3.63, 3.8) is 0 Å². The minimum atomic E-state index is -0.309. The van der Waals surface area contributed by atoms with E-state index in [1.165, 1.54) is 7.11 Å². The summed E-state index contributed by atoms with van der Waals surface area (Å²) in [5.74, 6) is 0.0442. The molecule has 0 aromatic heterocycles. The maximum atomic E-state index is 11.1. The van der Waals surface area contributed by atoms with Crippen LogP contribution in [-0.4, -0.2) is 31.4 Å². The fraction of sp³-hybridized carbons (Fsp3) is 0.824. The fourth-order valence-electron chi connectivity index (χ4n) is 2.64. The number of hydrogen-bond acceptors (Lipinski definition) is 4. The fourth-order valence-corrected chi connectivity index (χ4v) is 2.64. The molecular weight excluding hydrogens is 279 g/mol. The highest BCUT2D eigenvalue weighted by Gasteiger charge is 2.53. The molecule has 1 aliphatic heterocycles.